The van der Waals surface area contributed by atoms with Crippen LogP contribution in [0.5, 0.6) is 11.6 Å². The van der Waals surface area contributed by atoms with Crippen molar-refractivity contribution in [1.29, 1.82) is 0 Å². The largest absolute Gasteiger partial charge is 0.435 e. The van der Waals surface area contributed by atoms with Crippen molar-refractivity contribution >= 4 is 23.2 Å². The molecule has 0 amide bonds. The highest BCUT2D eigenvalue weighted by Crippen LogP contribution is 2.32. The maximum Gasteiger partial charge on any atom is 0.271 e. The maximum atomic E-state index is 13.5. The van der Waals surface area contributed by atoms with Gasteiger partial charge in [0.15, 0.2) is 0 Å². The third-order valence-corrected chi connectivity index (χ3v) is 2.56. The van der Waals surface area contributed by atoms with E-state index in [9.17, 15) is 14.5 Å². The van der Waals surface area contributed by atoms with Crippen molar-refractivity contribution in [2.75, 3.05) is 12.4 Å². The average Bonchev–Trinajstić information content (AvgIpc) is 2.43. The Morgan fingerprint density at radius 1 is 1.50 bits per heavy atom. The van der Waals surface area contributed by atoms with Gasteiger partial charge in [0.1, 0.15) is 5.75 Å². The molecule has 0 aliphatic carbocycles. The molecule has 2 aromatic rings. The molecule has 0 fully saturated rings. The summed E-state index contributed by atoms with van der Waals surface area (Å²) < 4.78 is 18.7. The SMILES string of the molecule is CNc1ncc(F)c(Oc2ccc([N+](=O)[O-])cc2Cl)n1. The molecule has 104 valence electrons. The minimum absolute atomic E-state index is 0.0248. The van der Waals surface area contributed by atoms with Crippen LogP contribution < -0.4 is 10.1 Å². The molecule has 0 saturated carbocycles. The second-order valence-corrected chi connectivity index (χ2v) is 3.98. The Morgan fingerprint density at radius 3 is 2.85 bits per heavy atom. The van der Waals surface area contributed by atoms with Crippen molar-refractivity contribution in [3.05, 3.63) is 45.4 Å². The van der Waals surface area contributed by atoms with Crippen molar-refractivity contribution in [2.45, 2.75) is 0 Å². The van der Waals surface area contributed by atoms with Crippen molar-refractivity contribution in [3.8, 4) is 11.6 Å². The fraction of sp³-hybridized carbons (Fsp3) is 0.0909. The van der Waals surface area contributed by atoms with Crippen LogP contribution in [0.1, 0.15) is 0 Å². The number of hydrogen-bond acceptors (Lipinski definition) is 6. The van der Waals surface area contributed by atoms with Crippen LogP contribution in [0.4, 0.5) is 16.0 Å². The van der Waals surface area contributed by atoms with E-state index in [-0.39, 0.29) is 28.3 Å². The fourth-order valence-corrected chi connectivity index (χ4v) is 1.55. The molecular formula is C11H8ClFN4O3. The number of non-ortho nitro benzene ring substituents is 1. The molecule has 0 aliphatic rings. The Bertz CT molecular complexity index is 668. The lowest BCUT2D eigenvalue weighted by Crippen LogP contribution is -2.00. The third kappa shape index (κ3) is 2.91. The lowest BCUT2D eigenvalue weighted by atomic mass is 10.3. The standard InChI is InChI=1S/C11H8ClFN4O3/c1-14-11-15-5-8(13)10(16-11)20-9-3-2-6(17(18)19)4-7(9)12/h2-5H,1H3,(H,14,15,16). The summed E-state index contributed by atoms with van der Waals surface area (Å²) in [5.41, 5.74) is -0.193. The maximum absolute atomic E-state index is 13.5. The molecule has 1 heterocycles. The van der Waals surface area contributed by atoms with E-state index in [4.69, 9.17) is 16.3 Å². The van der Waals surface area contributed by atoms with Gasteiger partial charge in [-0.25, -0.2) is 4.98 Å². The quantitative estimate of drug-likeness (QED) is 0.689. The summed E-state index contributed by atoms with van der Waals surface area (Å²) in [6, 6.07) is 3.56. The molecular weight excluding hydrogens is 291 g/mol. The molecule has 0 spiro atoms. The number of aromatic nitrogens is 2. The monoisotopic (exact) mass is 298 g/mol. The van der Waals surface area contributed by atoms with Gasteiger partial charge in [-0.15, -0.1) is 0 Å². The molecule has 20 heavy (non-hydrogen) atoms. The highest BCUT2D eigenvalue weighted by atomic mass is 35.5. The molecule has 0 unspecified atom stereocenters. The number of benzene rings is 1. The van der Waals surface area contributed by atoms with E-state index in [1.807, 2.05) is 0 Å². The molecule has 0 aliphatic heterocycles. The second kappa shape index (κ2) is 5.66. The summed E-state index contributed by atoms with van der Waals surface area (Å²) in [5, 5.41) is 13.2. The molecule has 1 aromatic heterocycles. The van der Waals surface area contributed by atoms with Gasteiger partial charge in [-0.2, -0.15) is 9.37 Å². The molecule has 0 bridgehead atoms. The lowest BCUT2D eigenvalue weighted by Gasteiger charge is -2.08. The molecule has 2 rings (SSSR count). The van der Waals surface area contributed by atoms with Crippen molar-refractivity contribution in [3.63, 3.8) is 0 Å². The van der Waals surface area contributed by atoms with Crippen LogP contribution in [0.15, 0.2) is 24.4 Å². The second-order valence-electron chi connectivity index (χ2n) is 3.57. The summed E-state index contributed by atoms with van der Waals surface area (Å²) in [6.07, 6.45) is 0.938. The van der Waals surface area contributed by atoms with Crippen LogP contribution in [0.3, 0.4) is 0 Å². The highest BCUT2D eigenvalue weighted by molar-refractivity contribution is 6.32. The Balaban J connectivity index is 2.32. The van der Waals surface area contributed by atoms with Gasteiger partial charge in [-0.1, -0.05) is 11.6 Å². The van der Waals surface area contributed by atoms with Crippen LogP contribution >= 0.6 is 11.6 Å². The van der Waals surface area contributed by atoms with Gasteiger partial charge < -0.3 is 10.1 Å². The van der Waals surface area contributed by atoms with Crippen LogP contribution in [-0.2, 0) is 0 Å². The number of nitro benzene ring substituents is 1. The highest BCUT2D eigenvalue weighted by Gasteiger charge is 2.14. The number of hydrogen-bond donors (Lipinski definition) is 1. The van der Waals surface area contributed by atoms with Gasteiger partial charge in [0.2, 0.25) is 11.8 Å². The predicted molar refractivity (Wildman–Crippen MR) is 69.7 cm³/mol. The minimum Gasteiger partial charge on any atom is -0.435 e. The van der Waals surface area contributed by atoms with Crippen LogP contribution in [0.2, 0.25) is 5.02 Å². The van der Waals surface area contributed by atoms with Crippen molar-refractivity contribution in [1.82, 2.24) is 9.97 Å². The van der Waals surface area contributed by atoms with Gasteiger partial charge in [0, 0.05) is 19.2 Å². The first-order valence-corrected chi connectivity index (χ1v) is 5.71. The van der Waals surface area contributed by atoms with E-state index < -0.39 is 10.7 Å². The van der Waals surface area contributed by atoms with E-state index in [1.54, 1.807) is 7.05 Å². The van der Waals surface area contributed by atoms with Crippen LogP contribution in [0, 0.1) is 15.9 Å². The topological polar surface area (TPSA) is 90.2 Å². The molecule has 0 saturated heterocycles. The van der Waals surface area contributed by atoms with Gasteiger partial charge in [-0.3, -0.25) is 10.1 Å². The van der Waals surface area contributed by atoms with E-state index >= 15 is 0 Å². The number of nitrogens with one attached hydrogen (secondary N) is 1. The molecule has 0 atom stereocenters. The lowest BCUT2D eigenvalue weighted by molar-refractivity contribution is -0.384. The predicted octanol–water partition coefficient (Wildman–Crippen LogP) is 3.01. The number of rotatable bonds is 4. The van der Waals surface area contributed by atoms with E-state index in [0.717, 1.165) is 12.3 Å². The molecule has 0 radical (unpaired) electrons. The summed E-state index contributed by atoms with van der Waals surface area (Å²) in [6.45, 7) is 0. The molecule has 1 N–H and O–H groups in total. The van der Waals surface area contributed by atoms with E-state index in [1.165, 1.54) is 12.1 Å². The van der Waals surface area contributed by atoms with E-state index in [0.29, 0.717) is 0 Å². The van der Waals surface area contributed by atoms with Gasteiger partial charge in [-0.05, 0) is 6.07 Å². The summed E-state index contributed by atoms with van der Waals surface area (Å²) in [7, 11) is 1.57. The first-order valence-electron chi connectivity index (χ1n) is 5.33. The number of ether oxygens (including phenoxy) is 1. The molecule has 9 heteroatoms. The number of anilines is 1. The number of nitro groups is 1. The Hall–Kier alpha value is -2.48. The summed E-state index contributed by atoms with van der Waals surface area (Å²) in [5.74, 6) is -0.894. The fourth-order valence-electron chi connectivity index (χ4n) is 1.33. The first kappa shape index (κ1) is 13.9. The summed E-state index contributed by atoms with van der Waals surface area (Å²) >= 11 is 5.84. The zero-order valence-electron chi connectivity index (χ0n) is 10.1. The Kier molecular flexibility index (Phi) is 3.94. The zero-order valence-corrected chi connectivity index (χ0v) is 10.9. The Labute approximate surface area is 117 Å². The van der Waals surface area contributed by atoms with Crippen LogP contribution in [0.25, 0.3) is 0 Å². The third-order valence-electron chi connectivity index (χ3n) is 2.27. The van der Waals surface area contributed by atoms with Crippen molar-refractivity contribution in [2.24, 2.45) is 0 Å². The van der Waals surface area contributed by atoms with Gasteiger partial charge in [0.25, 0.3) is 11.6 Å². The molecule has 1 aromatic carbocycles. The normalized spacial score (nSPS) is 10.2. The Morgan fingerprint density at radius 2 is 2.25 bits per heavy atom. The smallest absolute Gasteiger partial charge is 0.271 e. The van der Waals surface area contributed by atoms with E-state index in [2.05, 4.69) is 15.3 Å². The van der Waals surface area contributed by atoms with Gasteiger partial charge in [0.05, 0.1) is 16.1 Å². The van der Waals surface area contributed by atoms with Gasteiger partial charge >= 0.3 is 0 Å². The number of nitrogens with zero attached hydrogens (tertiary/aromatic N) is 3. The zero-order chi connectivity index (χ0) is 14.7. The first-order chi connectivity index (χ1) is 9.51. The van der Waals surface area contributed by atoms with Crippen LogP contribution in [-0.4, -0.2) is 21.9 Å². The van der Waals surface area contributed by atoms with Crippen molar-refractivity contribution < 1.29 is 14.1 Å². The average molecular weight is 299 g/mol. The minimum atomic E-state index is -0.779. The summed E-state index contributed by atoms with van der Waals surface area (Å²) in [4.78, 5) is 17.4. The molecule has 7 nitrogen and oxygen atoms in total. The number of halogens is 2.